The van der Waals surface area contributed by atoms with Gasteiger partial charge in [0.15, 0.2) is 0 Å². The first kappa shape index (κ1) is 32.0. The zero-order chi connectivity index (χ0) is 35.0. The second-order valence-corrected chi connectivity index (χ2v) is 13.4. The Morgan fingerprint density at radius 2 is 0.824 bits per heavy atom. The maximum absolute atomic E-state index is 12.5. The molecular formula is C43H36N4O4. The zero-order valence-corrected chi connectivity index (χ0v) is 28.2. The molecule has 252 valence electrons. The van der Waals surface area contributed by atoms with E-state index in [0.29, 0.717) is 34.3 Å². The molecule has 4 unspecified atom stereocenters. The van der Waals surface area contributed by atoms with Crippen molar-refractivity contribution in [3.63, 3.8) is 0 Å². The van der Waals surface area contributed by atoms with Gasteiger partial charge in [-0.15, -0.1) is 0 Å². The Labute approximate surface area is 296 Å². The highest BCUT2D eigenvalue weighted by molar-refractivity contribution is 6.43. The van der Waals surface area contributed by atoms with Crippen molar-refractivity contribution in [1.29, 1.82) is 0 Å². The summed E-state index contributed by atoms with van der Waals surface area (Å²) in [4.78, 5) is 34.2. The van der Waals surface area contributed by atoms with Crippen molar-refractivity contribution in [2.45, 2.75) is 31.3 Å². The Bertz CT molecular complexity index is 2000. The van der Waals surface area contributed by atoms with Crippen molar-refractivity contribution < 1.29 is 19.1 Å². The number of hydrogen-bond donors (Lipinski definition) is 2. The SMILES string of the molecule is CC(C)(c1ccc(Oc2ccc(N=C3C(=O)NC4C=CC=CC34)cc2)cc1)c1ccc(Oc2ccc(N=C3C(=O)NC4C=CC=CC34)cc2)cc1. The number of aliphatic imine (C=N–C) groups is 2. The first-order valence-electron chi connectivity index (χ1n) is 17.1. The van der Waals surface area contributed by atoms with Crippen molar-refractivity contribution in [3.8, 4) is 23.0 Å². The molecule has 2 aliphatic heterocycles. The minimum atomic E-state index is -0.262. The van der Waals surface area contributed by atoms with Crippen molar-refractivity contribution >= 4 is 34.6 Å². The van der Waals surface area contributed by atoms with E-state index in [4.69, 9.17) is 9.47 Å². The number of nitrogens with one attached hydrogen (secondary N) is 2. The summed E-state index contributed by atoms with van der Waals surface area (Å²) in [6, 6.07) is 31.1. The van der Waals surface area contributed by atoms with Gasteiger partial charge in [0, 0.05) is 17.3 Å². The molecule has 8 rings (SSSR count). The first-order valence-corrected chi connectivity index (χ1v) is 17.1. The number of carbonyl (C=O) groups excluding carboxylic acids is 2. The number of benzene rings is 4. The highest BCUT2D eigenvalue weighted by Crippen LogP contribution is 2.35. The van der Waals surface area contributed by atoms with Crippen LogP contribution >= 0.6 is 0 Å². The fraction of sp³-hybridized carbons (Fsp3) is 0.163. The van der Waals surface area contributed by atoms with Gasteiger partial charge in [-0.3, -0.25) is 9.59 Å². The number of amides is 2. The maximum atomic E-state index is 12.5. The average Bonchev–Trinajstić information content (AvgIpc) is 3.64. The molecule has 4 aromatic rings. The lowest BCUT2D eigenvalue weighted by Gasteiger charge is -2.26. The minimum absolute atomic E-state index is 0.0301. The predicted molar refractivity (Wildman–Crippen MR) is 200 cm³/mol. The Balaban J connectivity index is 0.882. The number of fused-ring (bicyclic) bond motifs is 2. The van der Waals surface area contributed by atoms with E-state index in [2.05, 4.69) is 58.7 Å². The van der Waals surface area contributed by atoms with E-state index in [1.54, 1.807) is 0 Å². The Hall–Kier alpha value is -6.28. The number of carbonyl (C=O) groups is 2. The molecule has 4 aliphatic rings. The van der Waals surface area contributed by atoms with E-state index in [9.17, 15) is 9.59 Å². The standard InChI is InChI=1S/C43H36N4O4/c1-43(2,27-11-19-31(20-12-27)50-33-23-15-29(16-24-33)44-39-35-7-3-5-9-37(35)46-41(39)48)28-13-21-32(22-14-28)51-34-25-17-30(18-26-34)45-40-36-8-4-6-10-38(36)47-42(40)49/h3-26,35-38H,1-2H3,(H,46,48)(H,47,49). The molecule has 4 atom stereocenters. The zero-order valence-electron chi connectivity index (χ0n) is 28.2. The molecule has 2 amide bonds. The molecule has 8 heteroatoms. The van der Waals surface area contributed by atoms with Gasteiger partial charge in [-0.25, -0.2) is 9.98 Å². The highest BCUT2D eigenvalue weighted by atomic mass is 16.5. The molecule has 2 fully saturated rings. The lowest BCUT2D eigenvalue weighted by atomic mass is 9.78. The van der Waals surface area contributed by atoms with E-state index >= 15 is 0 Å². The van der Waals surface area contributed by atoms with Crippen LogP contribution in [-0.2, 0) is 15.0 Å². The lowest BCUT2D eigenvalue weighted by Crippen LogP contribution is -2.26. The topological polar surface area (TPSA) is 101 Å². The molecule has 2 N–H and O–H groups in total. The monoisotopic (exact) mass is 672 g/mol. The normalized spacial score (nSPS) is 23.3. The molecule has 51 heavy (non-hydrogen) atoms. The average molecular weight is 673 g/mol. The highest BCUT2D eigenvalue weighted by Gasteiger charge is 2.37. The maximum Gasteiger partial charge on any atom is 0.266 e. The molecule has 8 nitrogen and oxygen atoms in total. The van der Waals surface area contributed by atoms with Gasteiger partial charge in [0.1, 0.15) is 34.4 Å². The Morgan fingerprint density at radius 3 is 1.20 bits per heavy atom. The van der Waals surface area contributed by atoms with E-state index < -0.39 is 0 Å². The minimum Gasteiger partial charge on any atom is -0.457 e. The van der Waals surface area contributed by atoms with E-state index in [1.165, 1.54) is 0 Å². The van der Waals surface area contributed by atoms with Crippen LogP contribution < -0.4 is 20.1 Å². The molecular weight excluding hydrogens is 636 g/mol. The molecule has 2 saturated heterocycles. The fourth-order valence-corrected chi connectivity index (χ4v) is 6.79. The van der Waals surface area contributed by atoms with E-state index in [1.807, 2.05) is 121 Å². The van der Waals surface area contributed by atoms with Crippen LogP contribution in [0.3, 0.4) is 0 Å². The van der Waals surface area contributed by atoms with Gasteiger partial charge in [-0.2, -0.15) is 0 Å². The van der Waals surface area contributed by atoms with Gasteiger partial charge in [0.05, 0.1) is 23.5 Å². The molecule has 0 bridgehead atoms. The largest absolute Gasteiger partial charge is 0.457 e. The smallest absolute Gasteiger partial charge is 0.266 e. The van der Waals surface area contributed by atoms with Crippen molar-refractivity contribution in [3.05, 3.63) is 157 Å². The third kappa shape index (κ3) is 6.56. The van der Waals surface area contributed by atoms with Gasteiger partial charge in [-0.05, 0) is 83.9 Å². The molecule has 0 radical (unpaired) electrons. The van der Waals surface area contributed by atoms with Gasteiger partial charge in [-0.1, -0.05) is 86.7 Å². The van der Waals surface area contributed by atoms with Crippen LogP contribution in [0.2, 0.25) is 0 Å². The molecule has 2 aliphatic carbocycles. The number of ether oxygens (including phenoxy) is 2. The number of rotatable bonds is 8. The van der Waals surface area contributed by atoms with Gasteiger partial charge >= 0.3 is 0 Å². The third-order valence-corrected chi connectivity index (χ3v) is 9.76. The summed E-state index contributed by atoms with van der Waals surface area (Å²) >= 11 is 0. The van der Waals surface area contributed by atoms with Crippen LogP contribution in [0.25, 0.3) is 0 Å². The molecule has 0 spiro atoms. The second kappa shape index (κ2) is 13.2. The van der Waals surface area contributed by atoms with Crippen LogP contribution in [-0.4, -0.2) is 35.3 Å². The lowest BCUT2D eigenvalue weighted by molar-refractivity contribution is -0.115. The van der Waals surface area contributed by atoms with E-state index in [-0.39, 0.29) is 41.1 Å². The summed E-state index contributed by atoms with van der Waals surface area (Å²) in [5.74, 6) is 2.47. The first-order chi connectivity index (χ1) is 24.8. The summed E-state index contributed by atoms with van der Waals surface area (Å²) in [7, 11) is 0. The predicted octanol–water partition coefficient (Wildman–Crippen LogP) is 8.22. The van der Waals surface area contributed by atoms with Crippen LogP contribution in [0.1, 0.15) is 25.0 Å². The summed E-state index contributed by atoms with van der Waals surface area (Å²) in [5.41, 5.74) is 4.49. The van der Waals surface area contributed by atoms with Crippen molar-refractivity contribution in [2.24, 2.45) is 21.8 Å². The molecule has 2 heterocycles. The van der Waals surface area contributed by atoms with Crippen LogP contribution in [0.5, 0.6) is 23.0 Å². The molecule has 0 saturated carbocycles. The number of nitrogens with zero attached hydrogens (tertiary/aromatic N) is 2. The molecule has 4 aromatic carbocycles. The van der Waals surface area contributed by atoms with Crippen LogP contribution in [0.15, 0.2) is 156 Å². The number of allylic oxidation sites excluding steroid dienone is 4. The second-order valence-electron chi connectivity index (χ2n) is 13.4. The quantitative estimate of drug-likeness (QED) is 0.197. The summed E-state index contributed by atoms with van der Waals surface area (Å²) in [5, 5.41) is 5.94. The fourth-order valence-electron chi connectivity index (χ4n) is 6.79. The molecule has 0 aromatic heterocycles. The van der Waals surface area contributed by atoms with Crippen LogP contribution in [0, 0.1) is 11.8 Å². The third-order valence-electron chi connectivity index (χ3n) is 9.76. The van der Waals surface area contributed by atoms with Crippen molar-refractivity contribution in [1.82, 2.24) is 10.6 Å². The summed E-state index contributed by atoms with van der Waals surface area (Å²) in [6.07, 6.45) is 15.8. The van der Waals surface area contributed by atoms with E-state index in [0.717, 1.165) is 22.6 Å². The summed E-state index contributed by atoms with van der Waals surface area (Å²) < 4.78 is 12.3. The van der Waals surface area contributed by atoms with Gasteiger partial charge in [0.25, 0.3) is 11.8 Å². The Kier molecular flexibility index (Phi) is 8.28. The Morgan fingerprint density at radius 1 is 0.490 bits per heavy atom. The van der Waals surface area contributed by atoms with Gasteiger partial charge in [0.2, 0.25) is 0 Å². The van der Waals surface area contributed by atoms with Crippen molar-refractivity contribution in [2.75, 3.05) is 0 Å². The van der Waals surface area contributed by atoms with Crippen LogP contribution in [0.4, 0.5) is 11.4 Å². The van der Waals surface area contributed by atoms with Gasteiger partial charge < -0.3 is 20.1 Å². The number of hydrogen-bond acceptors (Lipinski definition) is 6. The summed E-state index contributed by atoms with van der Waals surface area (Å²) in [6.45, 7) is 4.38.